The third-order valence-electron chi connectivity index (χ3n) is 6.37. The summed E-state index contributed by atoms with van der Waals surface area (Å²) in [5, 5.41) is 0. The SMILES string of the molecule is O=C1C(=C2c3ccccc3C(=O)C23C(=O)c2ccccc2C3=O)C(=O)c2ccccc21. The third kappa shape index (κ3) is 1.84. The van der Waals surface area contributed by atoms with Gasteiger partial charge in [0.25, 0.3) is 0 Å². The summed E-state index contributed by atoms with van der Waals surface area (Å²) in [5.74, 6) is -3.21. The zero-order chi connectivity index (χ0) is 21.5. The maximum Gasteiger partial charge on any atom is 0.198 e. The minimum atomic E-state index is -2.24. The summed E-state index contributed by atoms with van der Waals surface area (Å²) >= 11 is 0. The third-order valence-corrected chi connectivity index (χ3v) is 6.37. The van der Waals surface area contributed by atoms with Crippen molar-refractivity contribution in [2.75, 3.05) is 0 Å². The van der Waals surface area contributed by atoms with E-state index in [1.54, 1.807) is 42.5 Å². The van der Waals surface area contributed by atoms with Crippen LogP contribution in [0.4, 0.5) is 0 Å². The molecule has 0 aromatic heterocycles. The van der Waals surface area contributed by atoms with Gasteiger partial charge in [0.15, 0.2) is 34.3 Å². The first kappa shape index (κ1) is 17.6. The second-order valence-corrected chi connectivity index (χ2v) is 7.78. The molecular weight excluding hydrogens is 392 g/mol. The second-order valence-electron chi connectivity index (χ2n) is 7.78. The summed E-state index contributed by atoms with van der Waals surface area (Å²) in [6, 6.07) is 19.0. The zero-order valence-corrected chi connectivity index (χ0v) is 16.0. The fourth-order valence-electron chi connectivity index (χ4n) is 5.04. The van der Waals surface area contributed by atoms with Crippen molar-refractivity contribution in [2.24, 2.45) is 5.41 Å². The number of Topliss-reactive ketones (excluding diaryl/α,β-unsaturated/α-hetero) is 5. The number of ketones is 5. The Labute approximate surface area is 176 Å². The Kier molecular flexibility index (Phi) is 3.22. The highest BCUT2D eigenvalue weighted by atomic mass is 16.2. The number of rotatable bonds is 0. The van der Waals surface area contributed by atoms with E-state index in [-0.39, 0.29) is 44.5 Å². The monoisotopic (exact) mass is 404 g/mol. The van der Waals surface area contributed by atoms with E-state index >= 15 is 0 Å². The van der Waals surface area contributed by atoms with Gasteiger partial charge in [0.1, 0.15) is 0 Å². The Morgan fingerprint density at radius 2 is 0.742 bits per heavy atom. The van der Waals surface area contributed by atoms with Gasteiger partial charge in [-0.1, -0.05) is 72.8 Å². The topological polar surface area (TPSA) is 85.3 Å². The van der Waals surface area contributed by atoms with E-state index in [1.807, 2.05) is 0 Å². The molecule has 0 unspecified atom stereocenters. The molecular formula is C26H12O5. The van der Waals surface area contributed by atoms with Gasteiger partial charge in [-0.25, -0.2) is 0 Å². The van der Waals surface area contributed by atoms with Gasteiger partial charge in [-0.2, -0.15) is 0 Å². The summed E-state index contributed by atoms with van der Waals surface area (Å²) in [6.07, 6.45) is 0. The molecule has 3 aromatic carbocycles. The van der Waals surface area contributed by atoms with Crippen molar-refractivity contribution in [3.63, 3.8) is 0 Å². The van der Waals surface area contributed by atoms with Gasteiger partial charge in [-0.15, -0.1) is 0 Å². The molecule has 31 heavy (non-hydrogen) atoms. The average molecular weight is 404 g/mol. The first-order valence-electron chi connectivity index (χ1n) is 9.75. The molecule has 5 heteroatoms. The molecule has 3 aliphatic rings. The highest BCUT2D eigenvalue weighted by Crippen LogP contribution is 2.56. The van der Waals surface area contributed by atoms with Gasteiger partial charge in [-0.3, -0.25) is 24.0 Å². The van der Waals surface area contributed by atoms with E-state index in [0.29, 0.717) is 0 Å². The maximum atomic E-state index is 13.7. The Hall–Kier alpha value is -4.25. The molecule has 0 fully saturated rings. The van der Waals surface area contributed by atoms with Crippen molar-refractivity contribution < 1.29 is 24.0 Å². The molecule has 0 N–H and O–H groups in total. The normalized spacial score (nSPS) is 18.1. The minimum Gasteiger partial charge on any atom is -0.292 e. The molecule has 0 saturated carbocycles. The van der Waals surface area contributed by atoms with Crippen molar-refractivity contribution in [1.82, 2.24) is 0 Å². The van der Waals surface area contributed by atoms with E-state index in [0.717, 1.165) is 0 Å². The lowest BCUT2D eigenvalue weighted by Gasteiger charge is -2.21. The fourth-order valence-corrected chi connectivity index (χ4v) is 5.04. The van der Waals surface area contributed by atoms with Crippen LogP contribution in [0, 0.1) is 5.41 Å². The summed E-state index contributed by atoms with van der Waals surface area (Å²) in [4.78, 5) is 67.6. The van der Waals surface area contributed by atoms with Crippen molar-refractivity contribution >= 4 is 34.5 Å². The average Bonchev–Trinajstić information content (AvgIpc) is 3.30. The molecule has 3 aromatic rings. The molecule has 0 atom stereocenters. The lowest BCUT2D eigenvalue weighted by molar-refractivity contribution is 0.0697. The number of carbonyl (C=O) groups excluding carboxylic acids is 5. The number of hydrogen-bond donors (Lipinski definition) is 0. The first-order valence-corrected chi connectivity index (χ1v) is 9.75. The van der Waals surface area contributed by atoms with Crippen LogP contribution in [-0.2, 0) is 0 Å². The predicted molar refractivity (Wildman–Crippen MR) is 110 cm³/mol. The summed E-state index contributed by atoms with van der Waals surface area (Å²) < 4.78 is 0. The molecule has 1 spiro atoms. The number of carbonyl (C=O) groups is 5. The van der Waals surface area contributed by atoms with Gasteiger partial charge >= 0.3 is 0 Å². The van der Waals surface area contributed by atoms with Crippen LogP contribution < -0.4 is 0 Å². The molecule has 0 heterocycles. The Bertz CT molecular complexity index is 1380. The fraction of sp³-hybridized carbons (Fsp3) is 0.0385. The van der Waals surface area contributed by atoms with E-state index in [4.69, 9.17) is 0 Å². The molecule has 0 bridgehead atoms. The Morgan fingerprint density at radius 3 is 1.16 bits per heavy atom. The molecule has 3 aliphatic carbocycles. The van der Waals surface area contributed by atoms with Crippen molar-refractivity contribution in [3.05, 3.63) is 112 Å². The lowest BCUT2D eigenvalue weighted by Crippen LogP contribution is -2.40. The van der Waals surface area contributed by atoms with E-state index in [9.17, 15) is 24.0 Å². The van der Waals surface area contributed by atoms with E-state index < -0.39 is 34.3 Å². The smallest absolute Gasteiger partial charge is 0.198 e. The van der Waals surface area contributed by atoms with Crippen molar-refractivity contribution in [2.45, 2.75) is 0 Å². The van der Waals surface area contributed by atoms with E-state index in [2.05, 4.69) is 0 Å². The highest BCUT2D eigenvalue weighted by molar-refractivity contribution is 6.54. The van der Waals surface area contributed by atoms with Gasteiger partial charge in [0, 0.05) is 33.4 Å². The summed E-state index contributed by atoms with van der Waals surface area (Å²) in [7, 11) is 0. The van der Waals surface area contributed by atoms with E-state index in [1.165, 1.54) is 30.3 Å². The Morgan fingerprint density at radius 1 is 0.419 bits per heavy atom. The molecule has 0 amide bonds. The molecule has 0 saturated heterocycles. The first-order chi connectivity index (χ1) is 15.0. The molecule has 0 radical (unpaired) electrons. The number of hydrogen-bond acceptors (Lipinski definition) is 5. The maximum absolute atomic E-state index is 13.7. The van der Waals surface area contributed by atoms with Gasteiger partial charge in [0.2, 0.25) is 0 Å². The predicted octanol–water partition coefficient (Wildman–Crippen LogP) is 3.78. The van der Waals surface area contributed by atoms with Crippen LogP contribution in [-0.4, -0.2) is 28.9 Å². The standard InChI is InChI=1S/C26H12O5/c27-21-14-8-2-3-9-15(14)22(28)19(21)20-13-7-1-4-10-16(13)23(29)26(20)24(30)17-11-5-6-12-18(17)25(26)31/h1-12H. The van der Waals surface area contributed by atoms with Crippen LogP contribution >= 0.6 is 0 Å². The lowest BCUT2D eigenvalue weighted by atomic mass is 9.72. The molecule has 0 aliphatic heterocycles. The molecule has 146 valence electrons. The van der Waals surface area contributed by atoms with Crippen LogP contribution in [0.2, 0.25) is 0 Å². The van der Waals surface area contributed by atoms with Crippen molar-refractivity contribution in [3.8, 4) is 0 Å². The highest BCUT2D eigenvalue weighted by Gasteiger charge is 2.66. The summed E-state index contributed by atoms with van der Waals surface area (Å²) in [6.45, 7) is 0. The van der Waals surface area contributed by atoms with Gasteiger partial charge < -0.3 is 0 Å². The largest absolute Gasteiger partial charge is 0.292 e. The van der Waals surface area contributed by atoms with Crippen LogP contribution in [0.1, 0.15) is 57.4 Å². The number of fused-ring (bicyclic) bond motifs is 3. The minimum absolute atomic E-state index is 0.0782. The number of allylic oxidation sites excluding steroid dienone is 2. The van der Waals surface area contributed by atoms with Gasteiger partial charge in [0.05, 0.1) is 5.57 Å². The van der Waals surface area contributed by atoms with Gasteiger partial charge in [-0.05, 0) is 5.56 Å². The quantitative estimate of drug-likeness (QED) is 0.323. The van der Waals surface area contributed by atoms with Crippen LogP contribution in [0.15, 0.2) is 78.4 Å². The molecule has 5 nitrogen and oxygen atoms in total. The van der Waals surface area contributed by atoms with Crippen LogP contribution in [0.25, 0.3) is 5.57 Å². The second kappa shape index (κ2) is 5.67. The summed E-state index contributed by atoms with van der Waals surface area (Å²) in [5.41, 5.74) is -1.48. The van der Waals surface area contributed by atoms with Crippen LogP contribution in [0.5, 0.6) is 0 Å². The zero-order valence-electron chi connectivity index (χ0n) is 16.0. The molecule has 6 rings (SSSR count). The van der Waals surface area contributed by atoms with Crippen LogP contribution in [0.3, 0.4) is 0 Å². The Balaban J connectivity index is 1.76. The number of benzene rings is 3. The van der Waals surface area contributed by atoms with Crippen molar-refractivity contribution in [1.29, 1.82) is 0 Å².